The van der Waals surface area contributed by atoms with E-state index in [9.17, 15) is 0 Å². The summed E-state index contributed by atoms with van der Waals surface area (Å²) in [5.74, 6) is 5.70. The van der Waals surface area contributed by atoms with Gasteiger partial charge in [-0.2, -0.15) is 0 Å². The maximum absolute atomic E-state index is 8.76. The second-order valence-electron chi connectivity index (χ2n) is 4.53. The number of aliphatic hydroxyl groups excluding tert-OH is 1. The van der Waals surface area contributed by atoms with E-state index in [1.54, 1.807) is 11.3 Å². The van der Waals surface area contributed by atoms with Gasteiger partial charge in [-0.05, 0) is 30.6 Å². The number of hydrogen-bond donors (Lipinski definition) is 1. The summed E-state index contributed by atoms with van der Waals surface area (Å²) < 4.78 is 0. The van der Waals surface area contributed by atoms with E-state index in [0.29, 0.717) is 0 Å². The highest BCUT2D eigenvalue weighted by Gasteiger charge is 2.06. The first-order chi connectivity index (χ1) is 9.79. The van der Waals surface area contributed by atoms with E-state index >= 15 is 0 Å². The Balaban J connectivity index is 1.88. The van der Waals surface area contributed by atoms with Gasteiger partial charge in [-0.1, -0.05) is 17.9 Å². The molecule has 0 aliphatic carbocycles. The first-order valence-electron chi connectivity index (χ1n) is 6.54. The number of aromatic nitrogens is 1. The van der Waals surface area contributed by atoms with Gasteiger partial charge in [0, 0.05) is 41.8 Å². The van der Waals surface area contributed by atoms with Crippen LogP contribution in [0, 0.1) is 11.8 Å². The molecule has 2 rings (SSSR count). The fourth-order valence-corrected chi connectivity index (χ4v) is 2.79. The molecule has 3 nitrogen and oxygen atoms in total. The van der Waals surface area contributed by atoms with Crippen molar-refractivity contribution in [2.75, 3.05) is 20.2 Å². The Hall–Kier alpha value is -1.67. The molecule has 0 unspecified atom stereocenters. The van der Waals surface area contributed by atoms with Crippen molar-refractivity contribution in [1.29, 1.82) is 0 Å². The number of thiophene rings is 1. The zero-order chi connectivity index (χ0) is 14.2. The minimum atomic E-state index is -0.0925. The van der Waals surface area contributed by atoms with E-state index < -0.39 is 0 Å². The van der Waals surface area contributed by atoms with Crippen molar-refractivity contribution in [3.63, 3.8) is 0 Å². The fourth-order valence-electron chi connectivity index (χ4n) is 1.88. The maximum atomic E-state index is 8.76. The van der Waals surface area contributed by atoms with Gasteiger partial charge in [0.1, 0.15) is 6.61 Å². The Bertz CT molecular complexity index is 583. The van der Waals surface area contributed by atoms with Gasteiger partial charge in [-0.25, -0.2) is 0 Å². The Morgan fingerprint density at radius 2 is 2.25 bits per heavy atom. The molecule has 104 valence electrons. The van der Waals surface area contributed by atoms with Gasteiger partial charge >= 0.3 is 0 Å². The molecule has 0 fully saturated rings. The summed E-state index contributed by atoms with van der Waals surface area (Å²) in [4.78, 5) is 7.84. The van der Waals surface area contributed by atoms with Gasteiger partial charge in [0.25, 0.3) is 0 Å². The monoisotopic (exact) mass is 286 g/mol. The molecule has 0 amide bonds. The van der Waals surface area contributed by atoms with Crippen molar-refractivity contribution >= 4 is 11.3 Å². The van der Waals surface area contributed by atoms with E-state index in [1.165, 1.54) is 4.88 Å². The van der Waals surface area contributed by atoms with Gasteiger partial charge < -0.3 is 10.0 Å². The van der Waals surface area contributed by atoms with Gasteiger partial charge in [-0.15, -0.1) is 11.3 Å². The zero-order valence-electron chi connectivity index (χ0n) is 11.5. The number of likely N-dealkylation sites (N-methyl/N-ethyl adjacent to an activating group) is 1. The molecule has 0 saturated carbocycles. The molecule has 0 aliphatic heterocycles. The molecule has 0 spiro atoms. The molecule has 4 heteroatoms. The summed E-state index contributed by atoms with van der Waals surface area (Å²) in [6.45, 7) is 1.74. The van der Waals surface area contributed by atoms with Crippen LogP contribution in [0.15, 0.2) is 35.8 Å². The number of nitrogens with zero attached hydrogens (tertiary/aromatic N) is 2. The Morgan fingerprint density at radius 1 is 1.35 bits per heavy atom. The molecule has 0 saturated heterocycles. The number of rotatable bonds is 5. The van der Waals surface area contributed by atoms with Crippen molar-refractivity contribution in [3.8, 4) is 11.8 Å². The fraction of sp³-hybridized carbons (Fsp3) is 0.312. The van der Waals surface area contributed by atoms with Crippen LogP contribution in [0.1, 0.15) is 16.1 Å². The SMILES string of the molecule is CN(CCc1ccccn1)Cc1sccc1C#CCO. The molecule has 0 atom stereocenters. The van der Waals surface area contributed by atoms with Crippen LogP contribution in [0.3, 0.4) is 0 Å². The van der Waals surface area contributed by atoms with Crippen LogP contribution < -0.4 is 0 Å². The highest BCUT2D eigenvalue weighted by molar-refractivity contribution is 7.10. The van der Waals surface area contributed by atoms with Crippen LogP contribution in [-0.2, 0) is 13.0 Å². The summed E-state index contributed by atoms with van der Waals surface area (Å²) >= 11 is 1.71. The molecule has 0 aliphatic rings. The summed E-state index contributed by atoms with van der Waals surface area (Å²) in [5.41, 5.74) is 2.14. The van der Waals surface area contributed by atoms with Gasteiger partial charge in [0.05, 0.1) is 0 Å². The van der Waals surface area contributed by atoms with Crippen molar-refractivity contribution in [3.05, 3.63) is 52.0 Å². The van der Waals surface area contributed by atoms with Crippen molar-refractivity contribution < 1.29 is 5.11 Å². The van der Waals surface area contributed by atoms with E-state index in [-0.39, 0.29) is 6.61 Å². The topological polar surface area (TPSA) is 36.4 Å². The van der Waals surface area contributed by atoms with Crippen LogP contribution >= 0.6 is 11.3 Å². The standard InChI is InChI=1S/C16H18N2OS/c1-18(10-7-15-6-2-3-9-17-15)13-16-14(5-4-11-19)8-12-20-16/h2-3,6,8-9,12,19H,7,10-11,13H2,1H3. The molecule has 2 heterocycles. The normalized spacial score (nSPS) is 10.3. The van der Waals surface area contributed by atoms with E-state index in [2.05, 4.69) is 34.8 Å². The minimum Gasteiger partial charge on any atom is -0.384 e. The lowest BCUT2D eigenvalue weighted by atomic mass is 10.2. The number of pyridine rings is 1. The van der Waals surface area contributed by atoms with Crippen LogP contribution in [0.25, 0.3) is 0 Å². The summed E-state index contributed by atoms with van der Waals surface area (Å²) in [6, 6.07) is 8.02. The van der Waals surface area contributed by atoms with Crippen LogP contribution in [0.2, 0.25) is 0 Å². The zero-order valence-corrected chi connectivity index (χ0v) is 12.4. The largest absolute Gasteiger partial charge is 0.384 e. The second-order valence-corrected chi connectivity index (χ2v) is 5.53. The molecule has 2 aromatic rings. The highest BCUT2D eigenvalue weighted by Crippen LogP contribution is 2.17. The maximum Gasteiger partial charge on any atom is 0.104 e. The lowest BCUT2D eigenvalue weighted by Crippen LogP contribution is -2.20. The molecule has 0 aromatic carbocycles. The first kappa shape index (κ1) is 14.7. The summed E-state index contributed by atoms with van der Waals surface area (Å²) in [7, 11) is 2.10. The highest BCUT2D eigenvalue weighted by atomic mass is 32.1. The average Bonchev–Trinajstić information content (AvgIpc) is 2.91. The molecule has 2 aromatic heterocycles. The molecular formula is C16H18N2OS. The quantitative estimate of drug-likeness (QED) is 0.856. The number of hydrogen-bond acceptors (Lipinski definition) is 4. The summed E-state index contributed by atoms with van der Waals surface area (Å²) in [5, 5.41) is 10.8. The van der Waals surface area contributed by atoms with Crippen LogP contribution in [0.5, 0.6) is 0 Å². The summed E-state index contributed by atoms with van der Waals surface area (Å²) in [6.07, 6.45) is 2.78. The average molecular weight is 286 g/mol. The molecule has 0 radical (unpaired) electrons. The first-order valence-corrected chi connectivity index (χ1v) is 7.42. The van der Waals surface area contributed by atoms with Crippen molar-refractivity contribution in [1.82, 2.24) is 9.88 Å². The van der Waals surface area contributed by atoms with Gasteiger partial charge in [-0.3, -0.25) is 4.98 Å². The third-order valence-electron chi connectivity index (χ3n) is 2.94. The van der Waals surface area contributed by atoms with E-state index in [4.69, 9.17) is 5.11 Å². The van der Waals surface area contributed by atoms with E-state index in [1.807, 2.05) is 29.8 Å². The smallest absolute Gasteiger partial charge is 0.104 e. The van der Waals surface area contributed by atoms with Crippen molar-refractivity contribution in [2.24, 2.45) is 0 Å². The lowest BCUT2D eigenvalue weighted by molar-refractivity contribution is 0.332. The second kappa shape index (κ2) is 7.81. The predicted molar refractivity (Wildman–Crippen MR) is 82.6 cm³/mol. The predicted octanol–water partition coefficient (Wildman–Crippen LogP) is 2.16. The van der Waals surface area contributed by atoms with Gasteiger partial charge in [0.15, 0.2) is 0 Å². The Morgan fingerprint density at radius 3 is 3.00 bits per heavy atom. The molecule has 20 heavy (non-hydrogen) atoms. The van der Waals surface area contributed by atoms with Crippen LogP contribution in [-0.4, -0.2) is 35.2 Å². The molecule has 0 bridgehead atoms. The van der Waals surface area contributed by atoms with Gasteiger partial charge in [0.2, 0.25) is 0 Å². The molecular weight excluding hydrogens is 268 g/mol. The molecule has 1 N–H and O–H groups in total. The third kappa shape index (κ3) is 4.46. The van der Waals surface area contributed by atoms with Crippen molar-refractivity contribution in [2.45, 2.75) is 13.0 Å². The van der Waals surface area contributed by atoms with E-state index in [0.717, 1.165) is 30.8 Å². The Labute approximate surface area is 123 Å². The Kier molecular flexibility index (Phi) is 5.75. The third-order valence-corrected chi connectivity index (χ3v) is 3.84. The lowest BCUT2D eigenvalue weighted by Gasteiger charge is -2.15. The number of aliphatic hydroxyl groups is 1. The van der Waals surface area contributed by atoms with Crippen LogP contribution in [0.4, 0.5) is 0 Å². The minimum absolute atomic E-state index is 0.0925.